The minimum atomic E-state index is -0.459. The third-order valence-electron chi connectivity index (χ3n) is 2.83. The lowest BCUT2D eigenvalue weighted by Gasteiger charge is -2.20. The molecule has 0 aromatic heterocycles. The quantitative estimate of drug-likeness (QED) is 0.832. The van der Waals surface area contributed by atoms with E-state index in [2.05, 4.69) is 5.32 Å². The highest BCUT2D eigenvalue weighted by molar-refractivity contribution is 5.94. The third-order valence-corrected chi connectivity index (χ3v) is 2.83. The molecule has 0 unspecified atom stereocenters. The zero-order chi connectivity index (χ0) is 14.0. The van der Waals surface area contributed by atoms with Crippen molar-refractivity contribution >= 4 is 17.6 Å². The number of esters is 1. The second-order valence-electron chi connectivity index (χ2n) is 5.80. The molecular formula is C15H19NO3. The van der Waals surface area contributed by atoms with Gasteiger partial charge in [-0.3, -0.25) is 9.59 Å². The van der Waals surface area contributed by atoms with Gasteiger partial charge >= 0.3 is 5.97 Å². The van der Waals surface area contributed by atoms with Crippen molar-refractivity contribution in [2.24, 2.45) is 0 Å². The van der Waals surface area contributed by atoms with E-state index in [1.165, 1.54) is 0 Å². The van der Waals surface area contributed by atoms with Crippen LogP contribution in [-0.4, -0.2) is 17.5 Å². The summed E-state index contributed by atoms with van der Waals surface area (Å²) in [5, 5.41) is 2.82. The Balaban J connectivity index is 2.06. The second-order valence-corrected chi connectivity index (χ2v) is 5.80. The Bertz CT molecular complexity index is 515. The number of rotatable bonds is 2. The van der Waals surface area contributed by atoms with Gasteiger partial charge < -0.3 is 10.1 Å². The predicted molar refractivity (Wildman–Crippen MR) is 72.9 cm³/mol. The Morgan fingerprint density at radius 3 is 2.74 bits per heavy atom. The number of anilines is 1. The highest BCUT2D eigenvalue weighted by Crippen LogP contribution is 2.24. The minimum Gasteiger partial charge on any atom is -0.460 e. The molecule has 2 rings (SSSR count). The van der Waals surface area contributed by atoms with Gasteiger partial charge in [0.05, 0.1) is 6.42 Å². The summed E-state index contributed by atoms with van der Waals surface area (Å²) in [5.74, 6) is -0.181. The van der Waals surface area contributed by atoms with Gasteiger partial charge in [0.1, 0.15) is 5.60 Å². The number of carbonyl (C=O) groups excluding carboxylic acids is 2. The van der Waals surface area contributed by atoms with Gasteiger partial charge in [-0.05, 0) is 44.4 Å². The molecule has 4 nitrogen and oxygen atoms in total. The Morgan fingerprint density at radius 2 is 2.05 bits per heavy atom. The predicted octanol–water partition coefficient (Wildman–Crippen LogP) is 2.46. The number of aryl methyl sites for hydroxylation is 1. The van der Waals surface area contributed by atoms with Crippen molar-refractivity contribution in [3.8, 4) is 0 Å². The maximum Gasteiger partial charge on any atom is 0.310 e. The molecule has 1 aromatic carbocycles. The fourth-order valence-corrected chi connectivity index (χ4v) is 2.09. The molecule has 1 aliphatic heterocycles. The van der Waals surface area contributed by atoms with Crippen LogP contribution in [0.4, 0.5) is 5.69 Å². The van der Waals surface area contributed by atoms with E-state index in [1.807, 2.05) is 39.0 Å². The van der Waals surface area contributed by atoms with E-state index in [4.69, 9.17) is 4.74 Å². The molecule has 1 amide bonds. The van der Waals surface area contributed by atoms with Gasteiger partial charge in [-0.25, -0.2) is 0 Å². The standard InChI is InChI=1S/C15H19NO3/c1-15(2,3)19-14(18)9-10-4-6-12-11(8-10)5-7-13(17)16-12/h4,6,8H,5,7,9H2,1-3H3,(H,16,17). The number of carbonyl (C=O) groups is 2. The molecule has 0 atom stereocenters. The van der Waals surface area contributed by atoms with E-state index in [1.54, 1.807) is 0 Å². The van der Waals surface area contributed by atoms with Crippen LogP contribution in [0.15, 0.2) is 18.2 Å². The van der Waals surface area contributed by atoms with Crippen LogP contribution in [0.2, 0.25) is 0 Å². The lowest BCUT2D eigenvalue weighted by Crippen LogP contribution is -2.25. The van der Waals surface area contributed by atoms with Gasteiger partial charge in [0.2, 0.25) is 5.91 Å². The van der Waals surface area contributed by atoms with Crippen molar-refractivity contribution in [3.05, 3.63) is 29.3 Å². The van der Waals surface area contributed by atoms with E-state index in [-0.39, 0.29) is 18.3 Å². The summed E-state index contributed by atoms with van der Waals surface area (Å²) in [7, 11) is 0. The SMILES string of the molecule is CC(C)(C)OC(=O)Cc1ccc2c(c1)CCC(=O)N2. The largest absolute Gasteiger partial charge is 0.460 e. The molecule has 1 N–H and O–H groups in total. The monoisotopic (exact) mass is 261 g/mol. The Kier molecular flexibility index (Phi) is 3.60. The molecule has 1 aliphatic rings. The summed E-state index contributed by atoms with van der Waals surface area (Å²) in [4.78, 5) is 23.0. The highest BCUT2D eigenvalue weighted by atomic mass is 16.6. The first kappa shape index (κ1) is 13.6. The molecule has 0 spiro atoms. The van der Waals surface area contributed by atoms with Crippen LogP contribution >= 0.6 is 0 Å². The molecule has 4 heteroatoms. The van der Waals surface area contributed by atoms with E-state index >= 15 is 0 Å². The molecule has 0 saturated heterocycles. The number of amides is 1. The maximum atomic E-state index is 11.8. The average Bonchev–Trinajstić information content (AvgIpc) is 2.26. The van der Waals surface area contributed by atoms with Crippen LogP contribution in [0.25, 0.3) is 0 Å². The molecule has 0 saturated carbocycles. The first-order valence-electron chi connectivity index (χ1n) is 6.47. The lowest BCUT2D eigenvalue weighted by atomic mass is 9.99. The van der Waals surface area contributed by atoms with Gasteiger partial charge in [-0.1, -0.05) is 12.1 Å². The van der Waals surface area contributed by atoms with E-state index in [0.29, 0.717) is 6.42 Å². The van der Waals surface area contributed by atoms with Crippen LogP contribution in [0.5, 0.6) is 0 Å². The fraction of sp³-hybridized carbons (Fsp3) is 0.467. The summed E-state index contributed by atoms with van der Waals surface area (Å²) in [6.45, 7) is 5.56. The van der Waals surface area contributed by atoms with E-state index in [9.17, 15) is 9.59 Å². The smallest absolute Gasteiger partial charge is 0.310 e. The highest BCUT2D eigenvalue weighted by Gasteiger charge is 2.18. The van der Waals surface area contributed by atoms with Crippen molar-refractivity contribution in [1.29, 1.82) is 0 Å². The van der Waals surface area contributed by atoms with Crippen molar-refractivity contribution in [2.75, 3.05) is 5.32 Å². The lowest BCUT2D eigenvalue weighted by molar-refractivity contribution is -0.153. The summed E-state index contributed by atoms with van der Waals surface area (Å²) >= 11 is 0. The maximum absolute atomic E-state index is 11.8. The molecule has 19 heavy (non-hydrogen) atoms. The number of hydrogen-bond acceptors (Lipinski definition) is 3. The van der Waals surface area contributed by atoms with Crippen molar-refractivity contribution in [1.82, 2.24) is 0 Å². The molecular weight excluding hydrogens is 242 g/mol. The summed E-state index contributed by atoms with van der Waals surface area (Å²) in [5.41, 5.74) is 2.40. The number of nitrogens with one attached hydrogen (secondary N) is 1. The number of hydrogen-bond donors (Lipinski definition) is 1. The van der Waals surface area contributed by atoms with Crippen molar-refractivity contribution in [3.63, 3.8) is 0 Å². The van der Waals surface area contributed by atoms with Crippen LogP contribution < -0.4 is 5.32 Å². The van der Waals surface area contributed by atoms with E-state index in [0.717, 1.165) is 23.2 Å². The van der Waals surface area contributed by atoms with Crippen LogP contribution in [0.1, 0.15) is 38.3 Å². The summed E-state index contributed by atoms with van der Waals surface area (Å²) < 4.78 is 5.29. The zero-order valence-corrected chi connectivity index (χ0v) is 11.6. The second kappa shape index (κ2) is 5.03. The van der Waals surface area contributed by atoms with Gasteiger partial charge in [0.15, 0.2) is 0 Å². The van der Waals surface area contributed by atoms with Crippen molar-refractivity contribution < 1.29 is 14.3 Å². The van der Waals surface area contributed by atoms with Crippen LogP contribution in [-0.2, 0) is 27.2 Å². The normalized spacial score (nSPS) is 14.6. The Hall–Kier alpha value is -1.84. The molecule has 1 aromatic rings. The Morgan fingerprint density at radius 1 is 1.32 bits per heavy atom. The fourth-order valence-electron chi connectivity index (χ4n) is 2.09. The first-order valence-corrected chi connectivity index (χ1v) is 6.47. The summed E-state index contributed by atoms with van der Waals surface area (Å²) in [6, 6.07) is 5.68. The van der Waals surface area contributed by atoms with Crippen LogP contribution in [0.3, 0.4) is 0 Å². The molecule has 0 fully saturated rings. The zero-order valence-electron chi connectivity index (χ0n) is 11.6. The molecule has 0 bridgehead atoms. The summed E-state index contributed by atoms with van der Waals surface area (Å²) in [6.07, 6.45) is 1.49. The average molecular weight is 261 g/mol. The number of benzene rings is 1. The van der Waals surface area contributed by atoms with Gasteiger partial charge in [0, 0.05) is 12.1 Å². The third kappa shape index (κ3) is 3.81. The van der Waals surface area contributed by atoms with Gasteiger partial charge in [-0.2, -0.15) is 0 Å². The van der Waals surface area contributed by atoms with Gasteiger partial charge in [-0.15, -0.1) is 0 Å². The molecule has 102 valence electrons. The first-order chi connectivity index (χ1) is 8.83. The topological polar surface area (TPSA) is 55.4 Å². The van der Waals surface area contributed by atoms with E-state index < -0.39 is 5.60 Å². The van der Waals surface area contributed by atoms with Crippen LogP contribution in [0, 0.1) is 0 Å². The molecule has 0 aliphatic carbocycles. The Labute approximate surface area is 113 Å². The van der Waals surface area contributed by atoms with Gasteiger partial charge in [0.25, 0.3) is 0 Å². The molecule has 0 radical (unpaired) electrons. The number of fused-ring (bicyclic) bond motifs is 1. The number of ether oxygens (including phenoxy) is 1. The van der Waals surface area contributed by atoms with Crippen molar-refractivity contribution in [2.45, 2.75) is 45.6 Å². The molecule has 1 heterocycles. The minimum absolute atomic E-state index is 0.0485.